The van der Waals surface area contributed by atoms with Crippen LogP contribution in [0.1, 0.15) is 17.7 Å². The molecule has 0 aromatic carbocycles. The number of rotatable bonds is 7. The summed E-state index contributed by atoms with van der Waals surface area (Å²) in [6.45, 7) is 3.51. The highest BCUT2D eigenvalue weighted by atomic mass is 35.5. The molecule has 0 unspecified atom stereocenters. The average Bonchev–Trinajstić information content (AvgIpc) is 2.87. The molecule has 0 bridgehead atoms. The molecule has 2 aliphatic heterocycles. The van der Waals surface area contributed by atoms with Crippen LogP contribution in [0.25, 0.3) is 11.0 Å². The van der Waals surface area contributed by atoms with Crippen LogP contribution >= 0.6 is 24.8 Å². The van der Waals surface area contributed by atoms with Crippen LogP contribution in [0.15, 0.2) is 30.6 Å². The second kappa shape index (κ2) is 12.6. The van der Waals surface area contributed by atoms with E-state index in [1.165, 1.54) is 13.3 Å². The summed E-state index contributed by atoms with van der Waals surface area (Å²) in [5.74, 6) is 1.42. The summed E-state index contributed by atoms with van der Waals surface area (Å²) in [4.78, 5) is 15.1. The molecule has 12 heteroatoms. The van der Waals surface area contributed by atoms with Crippen molar-refractivity contribution in [2.24, 2.45) is 0 Å². The molecule has 5 rings (SSSR count). The highest BCUT2D eigenvalue weighted by Gasteiger charge is 2.27. The van der Waals surface area contributed by atoms with Gasteiger partial charge in [0.25, 0.3) is 0 Å². The van der Waals surface area contributed by atoms with Gasteiger partial charge in [-0.1, -0.05) is 0 Å². The number of nitrogens with zero attached hydrogens (tertiary/aromatic N) is 4. The zero-order chi connectivity index (χ0) is 23.5. The number of pyridine rings is 3. The van der Waals surface area contributed by atoms with E-state index in [1.807, 2.05) is 6.07 Å². The number of ether oxygens (including phenoxy) is 3. The molecular weight excluding hydrogens is 512 g/mol. The van der Waals surface area contributed by atoms with E-state index in [2.05, 4.69) is 25.2 Å². The van der Waals surface area contributed by atoms with Crippen LogP contribution in [0.3, 0.4) is 0 Å². The quantitative estimate of drug-likeness (QED) is 0.467. The van der Waals surface area contributed by atoms with Crippen molar-refractivity contribution < 1.29 is 23.7 Å². The molecule has 0 amide bonds. The van der Waals surface area contributed by atoms with Crippen LogP contribution in [0.4, 0.5) is 4.39 Å². The molecule has 0 spiro atoms. The number of hydrogen-bond donors (Lipinski definition) is 2. The number of hydrogen-bond acceptors (Lipinski definition) is 9. The lowest BCUT2D eigenvalue weighted by atomic mass is 10.0. The molecule has 3 aromatic heterocycles. The third-order valence-corrected chi connectivity index (χ3v) is 6.32. The lowest BCUT2D eigenvalue weighted by Gasteiger charge is -2.36. The van der Waals surface area contributed by atoms with Gasteiger partial charge in [0.15, 0.2) is 11.5 Å². The summed E-state index contributed by atoms with van der Waals surface area (Å²) in [6.07, 6.45) is 3.62. The molecule has 2 aliphatic rings. The summed E-state index contributed by atoms with van der Waals surface area (Å²) in [5, 5.41) is 14.1. The second-order valence-electron chi connectivity index (χ2n) is 8.52. The summed E-state index contributed by atoms with van der Waals surface area (Å²) >= 11 is 0. The molecule has 9 nitrogen and oxygen atoms in total. The maximum atomic E-state index is 14.6. The van der Waals surface area contributed by atoms with Gasteiger partial charge in [-0.2, -0.15) is 0 Å². The van der Waals surface area contributed by atoms with Crippen molar-refractivity contribution in [3.05, 3.63) is 47.7 Å². The molecule has 3 aromatic rings. The molecule has 0 saturated carbocycles. The first kappa shape index (κ1) is 28.1. The van der Waals surface area contributed by atoms with Crippen LogP contribution in [0.5, 0.6) is 17.4 Å². The average molecular weight is 542 g/mol. The molecule has 1 fully saturated rings. The summed E-state index contributed by atoms with van der Waals surface area (Å²) < 4.78 is 30.9. The standard InChI is InChI=1S/C24H28FN5O4.2ClH/c1-32-23-3-2-19-24(29-23)16(17(25)12-28-19)4-6-30-7-5-18(20(31)14-30)27-11-15-10-21-22(13-26-15)34-9-8-33-21;;/h2-3,10,12-13,18,20,27,31H,4-9,11,14H2,1H3;2*1H/t18-,20-;;/m1../s1. The summed E-state index contributed by atoms with van der Waals surface area (Å²) in [6, 6.07) is 5.32. The Morgan fingerprint density at radius 1 is 1.17 bits per heavy atom. The predicted molar refractivity (Wildman–Crippen MR) is 137 cm³/mol. The van der Waals surface area contributed by atoms with Crippen molar-refractivity contribution in [2.45, 2.75) is 31.5 Å². The molecule has 196 valence electrons. The van der Waals surface area contributed by atoms with Gasteiger partial charge in [0.1, 0.15) is 19.0 Å². The maximum absolute atomic E-state index is 14.6. The third kappa shape index (κ3) is 6.24. The number of likely N-dealkylation sites (tertiary alicyclic amines) is 1. The number of aliphatic hydroxyl groups excluding tert-OH is 1. The Hall–Kier alpha value is -2.50. The van der Waals surface area contributed by atoms with Gasteiger partial charge in [0.2, 0.25) is 5.88 Å². The molecule has 1 saturated heterocycles. The molecule has 0 radical (unpaired) electrons. The highest BCUT2D eigenvalue weighted by Crippen LogP contribution is 2.29. The SMILES string of the molecule is COc1ccc2ncc(F)c(CCN3CC[C@@H](NCc4cc5c(cn4)OCCO5)[C@H](O)C3)c2n1.Cl.Cl. The zero-order valence-corrected chi connectivity index (χ0v) is 21.5. The Morgan fingerprint density at radius 2 is 1.97 bits per heavy atom. The van der Waals surface area contributed by atoms with Gasteiger partial charge < -0.3 is 29.5 Å². The highest BCUT2D eigenvalue weighted by molar-refractivity contribution is 5.85. The lowest BCUT2D eigenvalue weighted by molar-refractivity contribution is 0.0402. The van der Waals surface area contributed by atoms with Crippen molar-refractivity contribution in [3.63, 3.8) is 0 Å². The van der Waals surface area contributed by atoms with Gasteiger partial charge in [-0.15, -0.1) is 24.8 Å². The van der Waals surface area contributed by atoms with Crippen molar-refractivity contribution in [1.82, 2.24) is 25.2 Å². The number of nitrogens with one attached hydrogen (secondary N) is 1. The third-order valence-electron chi connectivity index (χ3n) is 6.32. The van der Waals surface area contributed by atoms with Crippen molar-refractivity contribution in [2.75, 3.05) is 40.0 Å². The number of halogens is 3. The number of aliphatic hydroxyl groups is 1. The smallest absolute Gasteiger partial charge is 0.213 e. The van der Waals surface area contributed by atoms with E-state index in [1.54, 1.807) is 18.3 Å². The minimum absolute atomic E-state index is 0. The first-order valence-electron chi connectivity index (χ1n) is 11.5. The van der Waals surface area contributed by atoms with Gasteiger partial charge in [0.05, 0.1) is 42.3 Å². The largest absolute Gasteiger partial charge is 0.486 e. The lowest BCUT2D eigenvalue weighted by Crippen LogP contribution is -2.52. The minimum Gasteiger partial charge on any atom is -0.486 e. The van der Waals surface area contributed by atoms with Gasteiger partial charge in [-0.25, -0.2) is 9.37 Å². The number of fused-ring (bicyclic) bond motifs is 2. The van der Waals surface area contributed by atoms with Crippen LogP contribution in [0, 0.1) is 5.82 Å². The summed E-state index contributed by atoms with van der Waals surface area (Å²) in [5.41, 5.74) is 2.50. The molecule has 0 aliphatic carbocycles. The van der Waals surface area contributed by atoms with E-state index in [0.29, 0.717) is 73.2 Å². The Balaban J connectivity index is 0.00000180. The number of β-amino-alcohol motifs (C(OH)–C–C–N with tert-alkyl or cyclic N) is 1. The monoisotopic (exact) mass is 541 g/mol. The van der Waals surface area contributed by atoms with Crippen molar-refractivity contribution in [1.29, 1.82) is 0 Å². The Bertz CT molecular complexity index is 1170. The minimum atomic E-state index is -0.539. The van der Waals surface area contributed by atoms with Gasteiger partial charge in [-0.05, 0) is 25.5 Å². The number of aromatic nitrogens is 3. The van der Waals surface area contributed by atoms with Gasteiger partial charge in [-0.3, -0.25) is 9.97 Å². The van der Waals surface area contributed by atoms with E-state index in [-0.39, 0.29) is 36.7 Å². The molecule has 5 heterocycles. The molecule has 36 heavy (non-hydrogen) atoms. The predicted octanol–water partition coefficient (Wildman–Crippen LogP) is 2.55. The second-order valence-corrected chi connectivity index (χ2v) is 8.52. The number of piperidine rings is 1. The van der Waals surface area contributed by atoms with E-state index in [4.69, 9.17) is 14.2 Å². The fraction of sp³-hybridized carbons (Fsp3) is 0.458. The topological polar surface area (TPSA) is 102 Å². The van der Waals surface area contributed by atoms with Crippen LogP contribution < -0.4 is 19.5 Å². The van der Waals surface area contributed by atoms with E-state index < -0.39 is 6.10 Å². The zero-order valence-electron chi connectivity index (χ0n) is 19.9. The molecule has 2 N–H and O–H groups in total. The Kier molecular flexibility index (Phi) is 9.86. The fourth-order valence-electron chi connectivity index (χ4n) is 4.46. The van der Waals surface area contributed by atoms with E-state index in [9.17, 15) is 9.50 Å². The van der Waals surface area contributed by atoms with Gasteiger partial charge in [0, 0.05) is 43.4 Å². The van der Waals surface area contributed by atoms with Crippen LogP contribution in [0.2, 0.25) is 0 Å². The van der Waals surface area contributed by atoms with Crippen molar-refractivity contribution >= 4 is 35.8 Å². The number of methoxy groups -OCH3 is 1. The Labute approximate surface area is 221 Å². The van der Waals surface area contributed by atoms with Crippen LogP contribution in [-0.4, -0.2) is 77.1 Å². The summed E-state index contributed by atoms with van der Waals surface area (Å²) in [7, 11) is 1.53. The molecular formula is C24H30Cl2FN5O4. The van der Waals surface area contributed by atoms with Crippen LogP contribution in [-0.2, 0) is 13.0 Å². The fourth-order valence-corrected chi connectivity index (χ4v) is 4.46. The Morgan fingerprint density at radius 3 is 2.75 bits per heavy atom. The van der Waals surface area contributed by atoms with E-state index in [0.717, 1.165) is 18.7 Å². The van der Waals surface area contributed by atoms with E-state index >= 15 is 0 Å². The first-order valence-corrected chi connectivity index (χ1v) is 11.5. The molecule has 2 atom stereocenters. The maximum Gasteiger partial charge on any atom is 0.213 e. The van der Waals surface area contributed by atoms with Gasteiger partial charge >= 0.3 is 0 Å². The van der Waals surface area contributed by atoms with Crippen molar-refractivity contribution in [3.8, 4) is 17.4 Å². The first-order chi connectivity index (χ1) is 16.6. The normalized spacial score (nSPS) is 19.3.